The maximum Gasteiger partial charge on any atom is 0.416 e. The molecule has 0 unspecified atom stereocenters. The minimum absolute atomic E-state index is 0.481. The quantitative estimate of drug-likeness (QED) is 0.366. The van der Waals surface area contributed by atoms with Crippen LogP contribution in [0.1, 0.15) is 37.4 Å². The molecule has 1 fully saturated rings. The number of nitrogens with zero attached hydrogens (tertiary/aromatic N) is 3. The molecule has 0 bridgehead atoms. The van der Waals surface area contributed by atoms with Crippen LogP contribution in [0.4, 0.5) is 24.8 Å². The van der Waals surface area contributed by atoms with Crippen LogP contribution in [0.15, 0.2) is 48.7 Å². The van der Waals surface area contributed by atoms with Crippen molar-refractivity contribution in [3.05, 3.63) is 59.9 Å². The molecule has 1 aliphatic heterocycles. The summed E-state index contributed by atoms with van der Waals surface area (Å²) in [7, 11) is 0. The van der Waals surface area contributed by atoms with Crippen LogP contribution >= 0.6 is 0 Å². The summed E-state index contributed by atoms with van der Waals surface area (Å²) in [6.45, 7) is 7.72. The van der Waals surface area contributed by atoms with Gasteiger partial charge in [0.2, 0.25) is 0 Å². The number of ether oxygens (including phenoxy) is 1. The molecule has 3 heterocycles. The minimum Gasteiger partial charge on any atom is -0.378 e. The molecule has 0 spiro atoms. The number of hydrogen-bond donors (Lipinski definition) is 1. The number of nitrogens with one attached hydrogen (secondary N) is 1. The van der Waals surface area contributed by atoms with E-state index in [-0.39, 0.29) is 0 Å². The monoisotopic (exact) mass is 484 g/mol. The van der Waals surface area contributed by atoms with Gasteiger partial charge in [-0.2, -0.15) is 13.2 Å². The molecule has 8 heteroatoms. The van der Waals surface area contributed by atoms with E-state index >= 15 is 0 Å². The fourth-order valence-corrected chi connectivity index (χ4v) is 4.17. The van der Waals surface area contributed by atoms with Crippen molar-refractivity contribution < 1.29 is 17.9 Å². The van der Waals surface area contributed by atoms with E-state index in [9.17, 15) is 13.2 Å². The molecule has 1 saturated heterocycles. The van der Waals surface area contributed by atoms with Gasteiger partial charge in [-0.1, -0.05) is 31.9 Å². The lowest BCUT2D eigenvalue weighted by Crippen LogP contribution is -2.36. The molecular weight excluding hydrogens is 453 g/mol. The molecule has 0 aliphatic carbocycles. The number of pyridine rings is 2. The zero-order chi connectivity index (χ0) is 24.8. The van der Waals surface area contributed by atoms with E-state index in [1.807, 2.05) is 25.1 Å². The molecular formula is C27H31F3N4O. The molecule has 0 saturated carbocycles. The van der Waals surface area contributed by atoms with Crippen molar-refractivity contribution in [1.82, 2.24) is 9.97 Å². The van der Waals surface area contributed by atoms with Gasteiger partial charge in [-0.05, 0) is 54.8 Å². The van der Waals surface area contributed by atoms with Gasteiger partial charge in [0.25, 0.3) is 0 Å². The van der Waals surface area contributed by atoms with E-state index in [0.29, 0.717) is 24.3 Å². The van der Waals surface area contributed by atoms with Crippen molar-refractivity contribution in [3.8, 4) is 22.3 Å². The first-order valence-electron chi connectivity index (χ1n) is 12.1. The zero-order valence-corrected chi connectivity index (χ0v) is 20.2. The van der Waals surface area contributed by atoms with Crippen molar-refractivity contribution in [2.75, 3.05) is 43.1 Å². The lowest BCUT2D eigenvalue weighted by atomic mass is 9.98. The Labute approximate surface area is 204 Å². The Morgan fingerprint density at radius 1 is 1.00 bits per heavy atom. The Hall–Kier alpha value is -3.13. The number of anilines is 2. The summed E-state index contributed by atoms with van der Waals surface area (Å²) in [5, 5.41) is 3.44. The van der Waals surface area contributed by atoms with Gasteiger partial charge in [0.1, 0.15) is 11.6 Å². The molecule has 0 atom stereocenters. The fraction of sp³-hybridized carbons (Fsp3) is 0.407. The number of rotatable bonds is 8. The van der Waals surface area contributed by atoms with E-state index < -0.39 is 11.7 Å². The van der Waals surface area contributed by atoms with E-state index in [2.05, 4.69) is 22.1 Å². The predicted octanol–water partition coefficient (Wildman–Crippen LogP) is 6.58. The first-order chi connectivity index (χ1) is 16.8. The summed E-state index contributed by atoms with van der Waals surface area (Å²) < 4.78 is 45.3. The van der Waals surface area contributed by atoms with Crippen LogP contribution in [-0.2, 0) is 10.9 Å². The molecule has 3 aromatic rings. The standard InChI is InChI=1S/C27H31F3N4O/c1-3-4-5-9-31-25-16-21(17-26(33-25)34-10-12-35-13-11-34)24-15-22(18-32-19(24)2)20-7-6-8-23(14-20)27(28,29)30/h6-8,14-18H,3-5,9-13H2,1-2H3,(H,31,33). The largest absolute Gasteiger partial charge is 0.416 e. The summed E-state index contributed by atoms with van der Waals surface area (Å²) in [6.07, 6.45) is 0.573. The fourth-order valence-electron chi connectivity index (χ4n) is 4.17. The average molecular weight is 485 g/mol. The predicted molar refractivity (Wildman–Crippen MR) is 134 cm³/mol. The average Bonchev–Trinajstić information content (AvgIpc) is 2.87. The van der Waals surface area contributed by atoms with Crippen molar-refractivity contribution >= 4 is 11.6 Å². The third-order valence-electron chi connectivity index (χ3n) is 6.15. The molecule has 186 valence electrons. The summed E-state index contributed by atoms with van der Waals surface area (Å²) in [5.41, 5.74) is 3.05. The number of halogens is 3. The summed E-state index contributed by atoms with van der Waals surface area (Å²) in [6, 6.07) is 11.3. The van der Waals surface area contributed by atoms with Gasteiger partial charge in [-0.3, -0.25) is 4.98 Å². The van der Waals surface area contributed by atoms with Crippen LogP contribution in [0.5, 0.6) is 0 Å². The summed E-state index contributed by atoms with van der Waals surface area (Å²) >= 11 is 0. The molecule has 1 aliphatic rings. The Balaban J connectivity index is 1.72. The molecule has 0 amide bonds. The smallest absolute Gasteiger partial charge is 0.378 e. The van der Waals surface area contributed by atoms with E-state index in [1.165, 1.54) is 12.1 Å². The number of unbranched alkanes of at least 4 members (excludes halogenated alkanes) is 2. The van der Waals surface area contributed by atoms with E-state index in [0.717, 1.165) is 73.4 Å². The molecule has 2 aromatic heterocycles. The van der Waals surface area contributed by atoms with Crippen molar-refractivity contribution in [1.29, 1.82) is 0 Å². The molecule has 1 aromatic carbocycles. The van der Waals surface area contributed by atoms with Gasteiger partial charge in [0.05, 0.1) is 18.8 Å². The SMILES string of the molecule is CCCCCNc1cc(-c2cc(-c3cccc(C(F)(F)F)c3)cnc2C)cc(N2CCOCC2)n1. The van der Waals surface area contributed by atoms with Crippen LogP contribution < -0.4 is 10.2 Å². The van der Waals surface area contributed by atoms with Gasteiger partial charge >= 0.3 is 6.18 Å². The lowest BCUT2D eigenvalue weighted by molar-refractivity contribution is -0.137. The minimum atomic E-state index is -4.40. The van der Waals surface area contributed by atoms with Crippen LogP contribution in [0.25, 0.3) is 22.3 Å². The Bertz CT molecular complexity index is 1140. The lowest BCUT2D eigenvalue weighted by Gasteiger charge is -2.28. The van der Waals surface area contributed by atoms with E-state index in [4.69, 9.17) is 9.72 Å². The highest BCUT2D eigenvalue weighted by Gasteiger charge is 2.30. The summed E-state index contributed by atoms with van der Waals surface area (Å²) in [5.74, 6) is 1.64. The molecule has 0 radical (unpaired) electrons. The second kappa shape index (κ2) is 11.1. The second-order valence-corrected chi connectivity index (χ2v) is 8.77. The van der Waals surface area contributed by atoms with E-state index in [1.54, 1.807) is 12.3 Å². The van der Waals surface area contributed by atoms with Crippen LogP contribution in [0, 0.1) is 6.92 Å². The Morgan fingerprint density at radius 2 is 1.80 bits per heavy atom. The second-order valence-electron chi connectivity index (χ2n) is 8.77. The number of morpholine rings is 1. The third-order valence-corrected chi connectivity index (χ3v) is 6.15. The van der Waals surface area contributed by atoms with Crippen LogP contribution in [0.2, 0.25) is 0 Å². The van der Waals surface area contributed by atoms with Crippen molar-refractivity contribution in [3.63, 3.8) is 0 Å². The Morgan fingerprint density at radius 3 is 2.54 bits per heavy atom. The number of aryl methyl sites for hydroxylation is 1. The number of benzene rings is 1. The van der Waals surface area contributed by atoms with Gasteiger partial charge < -0.3 is 15.0 Å². The molecule has 4 rings (SSSR count). The normalized spacial score (nSPS) is 14.3. The first kappa shape index (κ1) is 25.0. The van der Waals surface area contributed by atoms with Crippen LogP contribution in [0.3, 0.4) is 0 Å². The first-order valence-corrected chi connectivity index (χ1v) is 12.1. The number of hydrogen-bond acceptors (Lipinski definition) is 5. The highest BCUT2D eigenvalue weighted by Crippen LogP contribution is 2.35. The van der Waals surface area contributed by atoms with Crippen LogP contribution in [-0.4, -0.2) is 42.8 Å². The third kappa shape index (κ3) is 6.31. The van der Waals surface area contributed by atoms with Gasteiger partial charge in [-0.25, -0.2) is 4.98 Å². The van der Waals surface area contributed by atoms with Gasteiger partial charge in [0.15, 0.2) is 0 Å². The van der Waals surface area contributed by atoms with Crippen molar-refractivity contribution in [2.24, 2.45) is 0 Å². The number of alkyl halides is 3. The van der Waals surface area contributed by atoms with Crippen molar-refractivity contribution in [2.45, 2.75) is 39.3 Å². The Kier molecular flexibility index (Phi) is 7.90. The summed E-state index contributed by atoms with van der Waals surface area (Å²) in [4.78, 5) is 11.6. The molecule has 1 N–H and O–H groups in total. The highest BCUT2D eigenvalue weighted by molar-refractivity contribution is 5.77. The molecule has 5 nitrogen and oxygen atoms in total. The van der Waals surface area contributed by atoms with Gasteiger partial charge in [-0.15, -0.1) is 0 Å². The maximum atomic E-state index is 13.3. The number of aromatic nitrogens is 2. The highest BCUT2D eigenvalue weighted by atomic mass is 19.4. The zero-order valence-electron chi connectivity index (χ0n) is 20.2. The molecule has 35 heavy (non-hydrogen) atoms. The van der Waals surface area contributed by atoms with Gasteiger partial charge in [0, 0.05) is 42.7 Å². The topological polar surface area (TPSA) is 50.3 Å². The maximum absolute atomic E-state index is 13.3.